The number of aryl methyl sites for hydroxylation is 1. The molecule has 4 aliphatic heterocycles. The minimum absolute atomic E-state index is 0.0208. The first-order valence-corrected chi connectivity index (χ1v) is 27.1. The van der Waals surface area contributed by atoms with Gasteiger partial charge in [-0.2, -0.15) is 13.2 Å². The van der Waals surface area contributed by atoms with Crippen molar-refractivity contribution in [2.75, 3.05) is 51.8 Å². The van der Waals surface area contributed by atoms with Gasteiger partial charge in [-0.3, -0.25) is 39.0 Å². The molecule has 6 amide bonds. The molecule has 20 heteroatoms. The number of aromatic nitrogens is 2. The van der Waals surface area contributed by atoms with E-state index in [1.165, 1.54) is 24.3 Å². The van der Waals surface area contributed by atoms with Gasteiger partial charge < -0.3 is 29.3 Å². The Labute approximate surface area is 451 Å². The third-order valence-corrected chi connectivity index (χ3v) is 16.0. The SMILES string of the molecule is COc1cc2nc(C)nc(N[C@H](C)c3cc(C(=O)OC(C)(C)C)cc(C(F)(F)F)c3)c2cc1C1CCC(C(=O)N2CCC(CCOCC3CCN(C(=O)c4ccc5c(c4)C(=O)N(C4CCC(=O)NC4=O)C5=O)CC3)CC2)CC1. The van der Waals surface area contributed by atoms with Gasteiger partial charge in [0.1, 0.15) is 29.0 Å². The molecule has 1 saturated carbocycles. The van der Waals surface area contributed by atoms with Crippen LogP contribution in [0.5, 0.6) is 5.75 Å². The molecule has 2 atom stereocenters. The summed E-state index contributed by atoms with van der Waals surface area (Å²) in [5.41, 5.74) is 0.197. The van der Waals surface area contributed by atoms with Crippen molar-refractivity contribution >= 4 is 58.1 Å². The number of hydrogen-bond donors (Lipinski definition) is 2. The minimum atomic E-state index is -4.70. The van der Waals surface area contributed by atoms with Crippen molar-refractivity contribution < 1.29 is 60.9 Å². The molecule has 78 heavy (non-hydrogen) atoms. The summed E-state index contributed by atoms with van der Waals surface area (Å²) in [4.78, 5) is 105. The molecule has 1 aromatic heterocycles. The molecule has 1 aliphatic carbocycles. The highest BCUT2D eigenvalue weighted by atomic mass is 19.4. The number of benzene rings is 3. The fourth-order valence-electron chi connectivity index (χ4n) is 11.6. The maximum atomic E-state index is 14.1. The summed E-state index contributed by atoms with van der Waals surface area (Å²) in [6.07, 6.45) is 2.58. The number of anilines is 1. The molecule has 17 nitrogen and oxygen atoms in total. The van der Waals surface area contributed by atoms with E-state index in [9.17, 15) is 46.7 Å². The number of halogens is 3. The third-order valence-electron chi connectivity index (χ3n) is 16.0. The maximum Gasteiger partial charge on any atom is 0.416 e. The van der Waals surface area contributed by atoms with Crippen molar-refractivity contribution in [2.45, 2.75) is 135 Å². The van der Waals surface area contributed by atoms with Crippen LogP contribution in [-0.2, 0) is 30.0 Å². The van der Waals surface area contributed by atoms with E-state index in [2.05, 4.69) is 20.6 Å². The van der Waals surface area contributed by atoms with E-state index in [0.29, 0.717) is 85.1 Å². The number of carbonyl (C=O) groups is 7. The number of rotatable bonds is 14. The van der Waals surface area contributed by atoms with Crippen LogP contribution in [0.15, 0.2) is 48.5 Å². The molecule has 416 valence electrons. The molecule has 3 saturated heterocycles. The van der Waals surface area contributed by atoms with Crippen molar-refractivity contribution in [3.8, 4) is 5.75 Å². The monoisotopic (exact) mass is 1080 g/mol. The number of amides is 6. The second kappa shape index (κ2) is 22.8. The van der Waals surface area contributed by atoms with Crippen LogP contribution in [0.4, 0.5) is 19.0 Å². The number of esters is 1. The second-order valence-electron chi connectivity index (χ2n) is 22.6. The van der Waals surface area contributed by atoms with Gasteiger partial charge in [0.25, 0.3) is 17.7 Å². The number of likely N-dealkylation sites (tertiary alicyclic amines) is 2. The fourth-order valence-corrected chi connectivity index (χ4v) is 11.6. The molecule has 0 radical (unpaired) electrons. The second-order valence-corrected chi connectivity index (χ2v) is 22.6. The first-order valence-electron chi connectivity index (χ1n) is 27.1. The highest BCUT2D eigenvalue weighted by Gasteiger charge is 2.45. The number of alkyl halides is 3. The highest BCUT2D eigenvalue weighted by molar-refractivity contribution is 6.24. The normalized spacial score (nSPS) is 21.1. The summed E-state index contributed by atoms with van der Waals surface area (Å²) in [6, 6.07) is 9.74. The number of hydrogen-bond acceptors (Lipinski definition) is 13. The van der Waals surface area contributed by atoms with Gasteiger partial charge >= 0.3 is 12.1 Å². The number of imide groups is 2. The summed E-state index contributed by atoms with van der Waals surface area (Å²) in [6.45, 7) is 12.1. The molecular formula is C58H68F3N7O10. The van der Waals surface area contributed by atoms with E-state index >= 15 is 0 Å². The van der Waals surface area contributed by atoms with E-state index in [4.69, 9.17) is 14.2 Å². The van der Waals surface area contributed by atoms with Crippen LogP contribution >= 0.6 is 0 Å². The third kappa shape index (κ3) is 12.3. The summed E-state index contributed by atoms with van der Waals surface area (Å²) in [5.74, 6) is -1.02. The Hall–Kier alpha value is -6.96. The molecule has 5 aliphatic rings. The topological polar surface area (TPSA) is 207 Å². The van der Waals surface area contributed by atoms with Gasteiger partial charge in [0.2, 0.25) is 17.7 Å². The fraction of sp³-hybridized carbons (Fsp3) is 0.534. The van der Waals surface area contributed by atoms with E-state index < -0.39 is 59.0 Å². The average molecular weight is 1080 g/mol. The van der Waals surface area contributed by atoms with Gasteiger partial charge in [-0.05, 0) is 170 Å². The van der Waals surface area contributed by atoms with Crippen LogP contribution in [0.2, 0.25) is 0 Å². The van der Waals surface area contributed by atoms with Crippen molar-refractivity contribution in [3.05, 3.63) is 93.3 Å². The molecule has 4 fully saturated rings. The molecule has 4 aromatic rings. The minimum Gasteiger partial charge on any atom is -0.496 e. The smallest absolute Gasteiger partial charge is 0.416 e. The molecule has 0 spiro atoms. The van der Waals surface area contributed by atoms with E-state index in [1.54, 1.807) is 46.6 Å². The number of nitrogens with one attached hydrogen (secondary N) is 2. The average Bonchev–Trinajstić information content (AvgIpc) is 3.69. The van der Waals surface area contributed by atoms with E-state index in [1.807, 2.05) is 17.0 Å². The maximum absolute atomic E-state index is 14.1. The predicted octanol–water partition coefficient (Wildman–Crippen LogP) is 8.97. The number of carbonyl (C=O) groups excluding carboxylic acids is 7. The Balaban J connectivity index is 0.721. The summed E-state index contributed by atoms with van der Waals surface area (Å²) < 4.78 is 59.9. The van der Waals surface area contributed by atoms with E-state index in [-0.39, 0.29) is 58.7 Å². The van der Waals surface area contributed by atoms with Crippen molar-refractivity contribution in [1.29, 1.82) is 0 Å². The lowest BCUT2D eigenvalue weighted by atomic mass is 9.77. The Bertz CT molecular complexity index is 3010. The lowest BCUT2D eigenvalue weighted by Gasteiger charge is -2.36. The Morgan fingerprint density at radius 1 is 0.795 bits per heavy atom. The quantitative estimate of drug-likeness (QED) is 0.0688. The van der Waals surface area contributed by atoms with Gasteiger partial charge in [0.05, 0.1) is 40.9 Å². The highest BCUT2D eigenvalue weighted by Crippen LogP contribution is 2.43. The van der Waals surface area contributed by atoms with Crippen molar-refractivity contribution in [1.82, 2.24) is 30.0 Å². The standard InChI is InChI=1S/C58H68F3N7O10/c1-32(39-25-40(56(75)78-57(3,4)5)27-41(26-39)58(59,60)61)62-50-45-29-43(48(76-6)30-46(45)63-33(2)64-50)36-7-9-37(10-8-36)52(71)66-20-15-34(16-21-66)19-24-77-31-35-17-22-67(23-18-35)53(72)38-11-12-42-44(28-38)55(74)68(54(42)73)47-13-14-49(69)65-51(47)70/h11-12,25-30,32,34-37,47H,7-10,13-24,31H2,1-6H3,(H,62,63,64)(H,65,69,70)/t32-,36?,37?,47?/m1/s1. The number of piperidine rings is 3. The van der Waals surface area contributed by atoms with Crippen LogP contribution in [0.25, 0.3) is 10.9 Å². The Morgan fingerprint density at radius 3 is 2.14 bits per heavy atom. The summed E-state index contributed by atoms with van der Waals surface area (Å²) in [5, 5.41) is 6.17. The number of nitrogens with zero attached hydrogens (tertiary/aromatic N) is 5. The largest absolute Gasteiger partial charge is 0.496 e. The zero-order valence-corrected chi connectivity index (χ0v) is 45.1. The van der Waals surface area contributed by atoms with Crippen molar-refractivity contribution in [2.24, 2.45) is 17.8 Å². The van der Waals surface area contributed by atoms with Crippen LogP contribution in [0.3, 0.4) is 0 Å². The van der Waals surface area contributed by atoms with Gasteiger partial charge in [-0.1, -0.05) is 0 Å². The molecule has 9 rings (SSSR count). The van der Waals surface area contributed by atoms with Crippen LogP contribution in [0, 0.1) is 24.7 Å². The molecule has 1 unspecified atom stereocenters. The molecule has 3 aromatic carbocycles. The van der Waals surface area contributed by atoms with Gasteiger partial charge in [0, 0.05) is 68.7 Å². The van der Waals surface area contributed by atoms with Gasteiger partial charge in [-0.25, -0.2) is 14.8 Å². The van der Waals surface area contributed by atoms with Crippen molar-refractivity contribution in [3.63, 3.8) is 0 Å². The predicted molar refractivity (Wildman–Crippen MR) is 281 cm³/mol. The number of methoxy groups -OCH3 is 1. The summed E-state index contributed by atoms with van der Waals surface area (Å²) >= 11 is 0. The number of fused-ring (bicyclic) bond motifs is 2. The van der Waals surface area contributed by atoms with Crippen LogP contribution < -0.4 is 15.4 Å². The summed E-state index contributed by atoms with van der Waals surface area (Å²) in [7, 11) is 1.61. The Kier molecular flexibility index (Phi) is 16.3. The van der Waals surface area contributed by atoms with Crippen LogP contribution in [0.1, 0.15) is 174 Å². The van der Waals surface area contributed by atoms with Crippen LogP contribution in [-0.4, -0.2) is 124 Å². The zero-order chi connectivity index (χ0) is 55.8. The van der Waals surface area contributed by atoms with Gasteiger partial charge in [-0.15, -0.1) is 0 Å². The zero-order valence-electron chi connectivity index (χ0n) is 45.1. The molecular weight excluding hydrogens is 1010 g/mol. The lowest BCUT2D eigenvalue weighted by molar-refractivity contribution is -0.138. The molecule has 0 bridgehead atoms. The lowest BCUT2D eigenvalue weighted by Crippen LogP contribution is -2.54. The van der Waals surface area contributed by atoms with E-state index in [0.717, 1.165) is 80.4 Å². The molecule has 5 heterocycles. The Morgan fingerprint density at radius 2 is 1.47 bits per heavy atom. The first-order chi connectivity index (χ1) is 37.0. The molecule has 2 N–H and O–H groups in total. The first kappa shape index (κ1) is 55.8. The number of ether oxygens (including phenoxy) is 3. The van der Waals surface area contributed by atoms with Gasteiger partial charge in [0.15, 0.2) is 0 Å².